The smallest absolute Gasteiger partial charge is 0.315 e. The summed E-state index contributed by atoms with van der Waals surface area (Å²) in [4.78, 5) is 19.1. The Hall–Kier alpha value is -3.39. The number of ether oxygens (including phenoxy) is 1. The molecule has 3 heterocycles. The molecule has 1 aliphatic heterocycles. The summed E-state index contributed by atoms with van der Waals surface area (Å²) in [6, 6.07) is 13.6. The number of anilines is 1. The van der Waals surface area contributed by atoms with Crippen LogP contribution in [0, 0.1) is 0 Å². The lowest BCUT2D eigenvalue weighted by Crippen LogP contribution is -2.38. The second-order valence-electron chi connectivity index (χ2n) is 7.09. The quantitative estimate of drug-likeness (QED) is 0.628. The molecule has 30 heavy (non-hydrogen) atoms. The molecule has 8 heteroatoms. The Kier molecular flexibility index (Phi) is 6.56. The second kappa shape index (κ2) is 9.89. The molecule has 0 aliphatic carbocycles. The molecule has 1 saturated heterocycles. The predicted octanol–water partition coefficient (Wildman–Crippen LogP) is 2.16. The van der Waals surface area contributed by atoms with Gasteiger partial charge < -0.3 is 20.3 Å². The van der Waals surface area contributed by atoms with Crippen molar-refractivity contribution < 1.29 is 9.53 Å². The molecule has 1 aromatic carbocycles. The number of carbonyl (C=O) groups is 1. The number of carbonyl (C=O) groups excluding carboxylic acids is 1. The summed E-state index contributed by atoms with van der Waals surface area (Å²) in [6.07, 6.45) is 5.47. The fourth-order valence-electron chi connectivity index (χ4n) is 3.49. The van der Waals surface area contributed by atoms with E-state index >= 15 is 0 Å². The minimum absolute atomic E-state index is 0.208. The fraction of sp³-hybridized carbons (Fsp3) is 0.318. The Morgan fingerprint density at radius 2 is 1.67 bits per heavy atom. The SMILES string of the molecule is O=C(NCc1ccccc1Cn1cccn1)NCc1cccnc1N1CCOCC1. The number of pyridine rings is 1. The summed E-state index contributed by atoms with van der Waals surface area (Å²) in [6.45, 7) is 4.55. The van der Waals surface area contributed by atoms with Crippen LogP contribution in [0.1, 0.15) is 16.7 Å². The van der Waals surface area contributed by atoms with Crippen molar-refractivity contribution in [3.63, 3.8) is 0 Å². The highest BCUT2D eigenvalue weighted by atomic mass is 16.5. The van der Waals surface area contributed by atoms with Crippen molar-refractivity contribution in [1.82, 2.24) is 25.4 Å². The molecule has 3 aromatic rings. The molecule has 2 N–H and O–H groups in total. The minimum atomic E-state index is -0.208. The summed E-state index contributed by atoms with van der Waals surface area (Å²) in [7, 11) is 0. The number of aromatic nitrogens is 3. The van der Waals surface area contributed by atoms with Crippen molar-refractivity contribution in [2.75, 3.05) is 31.2 Å². The van der Waals surface area contributed by atoms with Gasteiger partial charge in [0, 0.05) is 50.3 Å². The fourth-order valence-corrected chi connectivity index (χ4v) is 3.49. The lowest BCUT2D eigenvalue weighted by atomic mass is 10.1. The third-order valence-electron chi connectivity index (χ3n) is 5.07. The van der Waals surface area contributed by atoms with Gasteiger partial charge in [-0.05, 0) is 23.3 Å². The van der Waals surface area contributed by atoms with Crippen LogP contribution >= 0.6 is 0 Å². The van der Waals surface area contributed by atoms with E-state index in [-0.39, 0.29) is 6.03 Å². The standard InChI is InChI=1S/C22H26N6O2/c29-22(24-15-18-5-1-2-6-20(18)17-28-10-4-9-26-28)25-16-19-7-3-8-23-21(19)27-11-13-30-14-12-27/h1-10H,11-17H2,(H2,24,25,29). The molecule has 4 rings (SSSR count). The van der Waals surface area contributed by atoms with Gasteiger partial charge in [0.1, 0.15) is 5.82 Å². The van der Waals surface area contributed by atoms with Gasteiger partial charge >= 0.3 is 6.03 Å². The van der Waals surface area contributed by atoms with Gasteiger partial charge in [-0.25, -0.2) is 9.78 Å². The molecule has 2 aromatic heterocycles. The van der Waals surface area contributed by atoms with Gasteiger partial charge in [-0.3, -0.25) is 4.68 Å². The molecule has 0 atom stereocenters. The number of nitrogens with zero attached hydrogens (tertiary/aromatic N) is 4. The summed E-state index contributed by atoms with van der Waals surface area (Å²) in [5.74, 6) is 0.908. The number of amides is 2. The van der Waals surface area contributed by atoms with Crippen LogP contribution < -0.4 is 15.5 Å². The molecule has 0 saturated carbocycles. The van der Waals surface area contributed by atoms with Crippen LogP contribution in [0.15, 0.2) is 61.1 Å². The maximum absolute atomic E-state index is 12.4. The van der Waals surface area contributed by atoms with E-state index in [0.717, 1.165) is 35.6 Å². The third kappa shape index (κ3) is 5.15. The first-order chi connectivity index (χ1) is 14.8. The zero-order chi connectivity index (χ0) is 20.6. The van der Waals surface area contributed by atoms with E-state index in [2.05, 4.69) is 31.7 Å². The number of rotatable bonds is 7. The van der Waals surface area contributed by atoms with Crippen molar-refractivity contribution in [2.24, 2.45) is 0 Å². The average Bonchev–Trinajstić information content (AvgIpc) is 3.31. The van der Waals surface area contributed by atoms with Crippen molar-refractivity contribution in [2.45, 2.75) is 19.6 Å². The van der Waals surface area contributed by atoms with Gasteiger partial charge in [-0.15, -0.1) is 0 Å². The molecule has 1 aliphatic rings. The normalized spacial score (nSPS) is 13.8. The minimum Gasteiger partial charge on any atom is -0.378 e. The van der Waals surface area contributed by atoms with Crippen LogP contribution in [-0.4, -0.2) is 47.1 Å². The Morgan fingerprint density at radius 1 is 0.933 bits per heavy atom. The Morgan fingerprint density at radius 3 is 2.43 bits per heavy atom. The van der Waals surface area contributed by atoms with E-state index in [1.807, 2.05) is 47.3 Å². The first-order valence-corrected chi connectivity index (χ1v) is 10.1. The molecule has 0 bridgehead atoms. The summed E-state index contributed by atoms with van der Waals surface area (Å²) < 4.78 is 7.29. The third-order valence-corrected chi connectivity index (χ3v) is 5.07. The van der Waals surface area contributed by atoms with E-state index < -0.39 is 0 Å². The number of hydrogen-bond acceptors (Lipinski definition) is 5. The number of urea groups is 1. The van der Waals surface area contributed by atoms with Gasteiger partial charge in [0.15, 0.2) is 0 Å². The van der Waals surface area contributed by atoms with E-state index in [1.54, 1.807) is 12.4 Å². The molecule has 8 nitrogen and oxygen atoms in total. The van der Waals surface area contributed by atoms with E-state index in [9.17, 15) is 4.79 Å². The Balaban J connectivity index is 1.32. The Bertz CT molecular complexity index is 954. The lowest BCUT2D eigenvalue weighted by Gasteiger charge is -2.29. The van der Waals surface area contributed by atoms with E-state index in [0.29, 0.717) is 32.8 Å². The number of benzene rings is 1. The molecule has 2 amide bonds. The van der Waals surface area contributed by atoms with Gasteiger partial charge in [-0.2, -0.15) is 5.10 Å². The molecule has 0 spiro atoms. The highest BCUT2D eigenvalue weighted by Crippen LogP contribution is 2.18. The van der Waals surface area contributed by atoms with Gasteiger partial charge in [0.2, 0.25) is 0 Å². The average molecular weight is 406 g/mol. The van der Waals surface area contributed by atoms with Crippen LogP contribution in [-0.2, 0) is 24.4 Å². The summed E-state index contributed by atoms with van der Waals surface area (Å²) in [5, 5.41) is 10.2. The molecular formula is C22H26N6O2. The highest BCUT2D eigenvalue weighted by Gasteiger charge is 2.16. The summed E-state index contributed by atoms with van der Waals surface area (Å²) >= 11 is 0. The predicted molar refractivity (Wildman–Crippen MR) is 114 cm³/mol. The maximum atomic E-state index is 12.4. The van der Waals surface area contributed by atoms with Crippen molar-refractivity contribution in [1.29, 1.82) is 0 Å². The first kappa shape index (κ1) is 19.9. The van der Waals surface area contributed by atoms with Crippen molar-refractivity contribution in [3.05, 3.63) is 77.7 Å². The molecule has 0 radical (unpaired) electrons. The van der Waals surface area contributed by atoms with Crippen LogP contribution in [0.2, 0.25) is 0 Å². The highest BCUT2D eigenvalue weighted by molar-refractivity contribution is 5.74. The molecule has 156 valence electrons. The number of morpholine rings is 1. The lowest BCUT2D eigenvalue weighted by molar-refractivity contribution is 0.122. The van der Waals surface area contributed by atoms with Gasteiger partial charge in [0.25, 0.3) is 0 Å². The molecule has 0 unspecified atom stereocenters. The maximum Gasteiger partial charge on any atom is 0.315 e. The topological polar surface area (TPSA) is 84.3 Å². The van der Waals surface area contributed by atoms with Crippen LogP contribution in [0.4, 0.5) is 10.6 Å². The van der Waals surface area contributed by atoms with E-state index in [4.69, 9.17) is 4.74 Å². The van der Waals surface area contributed by atoms with Crippen LogP contribution in [0.25, 0.3) is 0 Å². The van der Waals surface area contributed by atoms with Crippen molar-refractivity contribution in [3.8, 4) is 0 Å². The largest absolute Gasteiger partial charge is 0.378 e. The van der Waals surface area contributed by atoms with Crippen LogP contribution in [0.5, 0.6) is 0 Å². The second-order valence-corrected chi connectivity index (χ2v) is 7.09. The Labute approximate surface area is 175 Å². The van der Waals surface area contributed by atoms with Gasteiger partial charge in [-0.1, -0.05) is 30.3 Å². The molecule has 1 fully saturated rings. The number of nitrogens with one attached hydrogen (secondary N) is 2. The number of hydrogen-bond donors (Lipinski definition) is 2. The van der Waals surface area contributed by atoms with Gasteiger partial charge in [0.05, 0.1) is 19.8 Å². The molecular weight excluding hydrogens is 380 g/mol. The zero-order valence-electron chi connectivity index (χ0n) is 16.8. The monoisotopic (exact) mass is 406 g/mol. The van der Waals surface area contributed by atoms with Crippen molar-refractivity contribution >= 4 is 11.8 Å². The zero-order valence-corrected chi connectivity index (χ0v) is 16.8. The first-order valence-electron chi connectivity index (χ1n) is 10.1. The summed E-state index contributed by atoms with van der Waals surface area (Å²) in [5.41, 5.74) is 3.19. The van der Waals surface area contributed by atoms with Crippen LogP contribution in [0.3, 0.4) is 0 Å². The van der Waals surface area contributed by atoms with E-state index in [1.165, 1.54) is 0 Å².